The van der Waals surface area contributed by atoms with E-state index in [-0.39, 0.29) is 5.92 Å². The molecule has 0 N–H and O–H groups in total. The van der Waals surface area contributed by atoms with Crippen LogP contribution in [0.5, 0.6) is 0 Å². The van der Waals surface area contributed by atoms with Crippen LogP contribution in [0.4, 0.5) is 8.78 Å². The molecule has 0 bridgehead atoms. The highest BCUT2D eigenvalue weighted by Crippen LogP contribution is 2.37. The summed E-state index contributed by atoms with van der Waals surface area (Å²) in [4.78, 5) is 0. The molecule has 2 heteroatoms. The molecule has 0 aromatic rings. The molecule has 0 saturated carbocycles. The minimum Gasteiger partial charge on any atom is -0.204 e. The Bertz CT molecular complexity index is 392. The summed E-state index contributed by atoms with van der Waals surface area (Å²) in [5, 5.41) is 0. The maximum absolute atomic E-state index is 14.0. The van der Waals surface area contributed by atoms with Gasteiger partial charge in [-0.25, -0.2) is 8.78 Å². The number of hydrogen-bond acceptors (Lipinski definition) is 0. The molecule has 3 atom stereocenters. The van der Waals surface area contributed by atoms with Gasteiger partial charge in [-0.1, -0.05) is 47.0 Å². The Labute approximate surface area is 129 Å². The second-order valence-corrected chi connectivity index (χ2v) is 7.01. The lowest BCUT2D eigenvalue weighted by atomic mass is 9.82. The molecule has 0 aliphatic heterocycles. The molecule has 122 valence electrons. The summed E-state index contributed by atoms with van der Waals surface area (Å²) in [6.45, 7) is 10.6. The van der Waals surface area contributed by atoms with Crippen molar-refractivity contribution in [3.8, 4) is 0 Å². The standard InChI is InChI=1S/C19H32F2/c1-6-7-8-13(2)14(3)9-10-15(4)17-12-11-16(5)18(20)19(17)21/h13-15H,6-12H2,1-5H3. The molecule has 0 saturated heterocycles. The van der Waals surface area contributed by atoms with E-state index in [1.807, 2.05) is 6.92 Å². The van der Waals surface area contributed by atoms with Crippen LogP contribution in [0, 0.1) is 17.8 Å². The van der Waals surface area contributed by atoms with Crippen molar-refractivity contribution in [2.24, 2.45) is 17.8 Å². The lowest BCUT2D eigenvalue weighted by Gasteiger charge is -2.24. The predicted octanol–water partition coefficient (Wildman–Crippen LogP) is 7.13. The van der Waals surface area contributed by atoms with Crippen LogP contribution < -0.4 is 0 Å². The molecule has 0 heterocycles. The summed E-state index contributed by atoms with van der Waals surface area (Å²) in [5.41, 5.74) is 1.26. The second-order valence-electron chi connectivity index (χ2n) is 7.01. The normalized spacial score (nSPS) is 20.7. The summed E-state index contributed by atoms with van der Waals surface area (Å²) in [5.74, 6) is 0.365. The van der Waals surface area contributed by atoms with Crippen molar-refractivity contribution in [2.45, 2.75) is 79.6 Å². The Hall–Kier alpha value is -0.660. The van der Waals surface area contributed by atoms with Gasteiger partial charge in [0.05, 0.1) is 0 Å². The van der Waals surface area contributed by atoms with E-state index in [0.717, 1.165) is 18.8 Å². The Balaban J connectivity index is 2.52. The van der Waals surface area contributed by atoms with Crippen LogP contribution in [0.25, 0.3) is 0 Å². The summed E-state index contributed by atoms with van der Waals surface area (Å²) in [6.07, 6.45) is 7.24. The Kier molecular flexibility index (Phi) is 7.62. The number of allylic oxidation sites excluding steroid dienone is 4. The molecule has 1 aliphatic carbocycles. The molecule has 0 aromatic carbocycles. The summed E-state index contributed by atoms with van der Waals surface area (Å²) in [7, 11) is 0. The van der Waals surface area contributed by atoms with E-state index >= 15 is 0 Å². The first-order valence-electron chi connectivity index (χ1n) is 8.62. The fourth-order valence-electron chi connectivity index (χ4n) is 3.11. The molecule has 21 heavy (non-hydrogen) atoms. The Morgan fingerprint density at radius 1 is 0.905 bits per heavy atom. The third kappa shape index (κ3) is 5.23. The maximum atomic E-state index is 14.0. The maximum Gasteiger partial charge on any atom is 0.158 e. The van der Waals surface area contributed by atoms with E-state index in [1.165, 1.54) is 19.3 Å². The number of rotatable bonds is 8. The van der Waals surface area contributed by atoms with E-state index < -0.39 is 11.7 Å². The third-order valence-corrected chi connectivity index (χ3v) is 5.25. The molecular weight excluding hydrogens is 266 g/mol. The van der Waals surface area contributed by atoms with Crippen molar-refractivity contribution in [2.75, 3.05) is 0 Å². The van der Waals surface area contributed by atoms with Crippen LogP contribution in [0.3, 0.4) is 0 Å². The molecule has 0 radical (unpaired) electrons. The molecule has 0 fully saturated rings. The Morgan fingerprint density at radius 3 is 2.14 bits per heavy atom. The molecule has 0 nitrogen and oxygen atoms in total. The molecule has 3 unspecified atom stereocenters. The largest absolute Gasteiger partial charge is 0.204 e. The quantitative estimate of drug-likeness (QED) is 0.447. The molecule has 1 rings (SSSR count). The van der Waals surface area contributed by atoms with E-state index in [1.54, 1.807) is 6.92 Å². The minimum absolute atomic E-state index is 0.157. The zero-order chi connectivity index (χ0) is 16.0. The third-order valence-electron chi connectivity index (χ3n) is 5.25. The van der Waals surface area contributed by atoms with Gasteiger partial charge in [-0.05, 0) is 61.5 Å². The minimum atomic E-state index is -0.604. The monoisotopic (exact) mass is 298 g/mol. The molecule has 0 aromatic heterocycles. The van der Waals surface area contributed by atoms with Crippen LogP contribution in [0.2, 0.25) is 0 Å². The van der Waals surface area contributed by atoms with Gasteiger partial charge in [0.1, 0.15) is 0 Å². The number of hydrogen-bond donors (Lipinski definition) is 0. The van der Waals surface area contributed by atoms with E-state index in [9.17, 15) is 8.78 Å². The van der Waals surface area contributed by atoms with Gasteiger partial charge < -0.3 is 0 Å². The van der Waals surface area contributed by atoms with Crippen molar-refractivity contribution < 1.29 is 8.78 Å². The van der Waals surface area contributed by atoms with Gasteiger partial charge in [-0.2, -0.15) is 0 Å². The van der Waals surface area contributed by atoms with Crippen molar-refractivity contribution in [1.82, 2.24) is 0 Å². The van der Waals surface area contributed by atoms with E-state index in [2.05, 4.69) is 20.8 Å². The van der Waals surface area contributed by atoms with Gasteiger partial charge in [0, 0.05) is 0 Å². The average molecular weight is 298 g/mol. The van der Waals surface area contributed by atoms with E-state index in [0.29, 0.717) is 29.9 Å². The van der Waals surface area contributed by atoms with Crippen LogP contribution in [0.15, 0.2) is 22.8 Å². The van der Waals surface area contributed by atoms with Gasteiger partial charge >= 0.3 is 0 Å². The van der Waals surface area contributed by atoms with Crippen molar-refractivity contribution in [3.05, 3.63) is 22.8 Å². The molecule has 0 spiro atoms. The van der Waals surface area contributed by atoms with Gasteiger partial charge in [0.2, 0.25) is 0 Å². The average Bonchev–Trinajstić information content (AvgIpc) is 2.47. The van der Waals surface area contributed by atoms with Crippen LogP contribution in [-0.2, 0) is 0 Å². The highest BCUT2D eigenvalue weighted by atomic mass is 19.2. The van der Waals surface area contributed by atoms with Crippen molar-refractivity contribution in [1.29, 1.82) is 0 Å². The van der Waals surface area contributed by atoms with Crippen LogP contribution >= 0.6 is 0 Å². The first-order chi connectivity index (χ1) is 9.88. The molecular formula is C19H32F2. The fraction of sp³-hybridized carbons (Fsp3) is 0.789. The van der Waals surface area contributed by atoms with Crippen molar-refractivity contribution >= 4 is 0 Å². The lowest BCUT2D eigenvalue weighted by Crippen LogP contribution is -2.12. The highest BCUT2D eigenvalue weighted by Gasteiger charge is 2.24. The van der Waals surface area contributed by atoms with Gasteiger partial charge in [0.15, 0.2) is 11.7 Å². The van der Waals surface area contributed by atoms with Crippen LogP contribution in [-0.4, -0.2) is 0 Å². The molecule has 1 aliphatic rings. The smallest absolute Gasteiger partial charge is 0.158 e. The van der Waals surface area contributed by atoms with Gasteiger partial charge in [-0.3, -0.25) is 0 Å². The van der Waals surface area contributed by atoms with E-state index in [4.69, 9.17) is 0 Å². The zero-order valence-electron chi connectivity index (χ0n) is 14.4. The first-order valence-corrected chi connectivity index (χ1v) is 8.62. The number of unbranched alkanes of at least 4 members (excludes halogenated alkanes) is 1. The summed E-state index contributed by atoms with van der Waals surface area (Å²) >= 11 is 0. The zero-order valence-corrected chi connectivity index (χ0v) is 14.4. The molecule has 0 amide bonds. The summed E-state index contributed by atoms with van der Waals surface area (Å²) in [6, 6.07) is 0. The topological polar surface area (TPSA) is 0 Å². The number of halogens is 2. The predicted molar refractivity (Wildman–Crippen MR) is 87.4 cm³/mol. The lowest BCUT2D eigenvalue weighted by molar-refractivity contribution is 0.314. The first kappa shape index (κ1) is 18.4. The van der Waals surface area contributed by atoms with Gasteiger partial charge in [-0.15, -0.1) is 0 Å². The fourth-order valence-corrected chi connectivity index (χ4v) is 3.11. The van der Waals surface area contributed by atoms with Crippen LogP contribution in [0.1, 0.15) is 79.6 Å². The Morgan fingerprint density at radius 2 is 1.52 bits per heavy atom. The van der Waals surface area contributed by atoms with Gasteiger partial charge in [0.25, 0.3) is 0 Å². The SMILES string of the molecule is CCCCC(C)C(C)CCC(C)C1=C(F)C(F)=C(C)CC1. The second kappa shape index (κ2) is 8.70. The highest BCUT2D eigenvalue weighted by molar-refractivity contribution is 5.34. The van der Waals surface area contributed by atoms with Crippen molar-refractivity contribution in [3.63, 3.8) is 0 Å². The summed E-state index contributed by atoms with van der Waals surface area (Å²) < 4.78 is 27.7.